The van der Waals surface area contributed by atoms with Crippen LogP contribution in [0.15, 0.2) is 180 Å². The number of hydrogen-bond acceptors (Lipinski definition) is 14. The fourth-order valence-electron chi connectivity index (χ4n) is 8.91. The number of morpholine rings is 1. The van der Waals surface area contributed by atoms with Gasteiger partial charge in [0, 0.05) is 121 Å². The highest BCUT2D eigenvalue weighted by Gasteiger charge is 2.15. The van der Waals surface area contributed by atoms with Crippen molar-refractivity contribution in [3.63, 3.8) is 0 Å². The number of benzene rings is 5. The predicted octanol–water partition coefficient (Wildman–Crippen LogP) is 11.3. The molecule has 1 aliphatic rings. The van der Waals surface area contributed by atoms with Gasteiger partial charge in [0.25, 0.3) is 0 Å². The molecule has 5 N–H and O–H groups in total. The predicted molar refractivity (Wildman–Crippen MR) is 304 cm³/mol. The maximum absolute atomic E-state index is 9.11. The molecule has 12 aromatic rings. The van der Waals surface area contributed by atoms with Crippen LogP contribution < -0.4 is 25.8 Å². The lowest BCUT2D eigenvalue weighted by molar-refractivity contribution is 0.122. The second-order valence-electron chi connectivity index (χ2n) is 17.3. The van der Waals surface area contributed by atoms with Gasteiger partial charge in [-0.1, -0.05) is 42.5 Å². The Hall–Kier alpha value is -8.43. The van der Waals surface area contributed by atoms with Crippen molar-refractivity contribution < 1.29 is 9.84 Å². The molecule has 0 amide bonds. The number of hydrogen-bond donors (Lipinski definition) is 5. The number of likely N-dealkylation sites (N-methyl/N-ethyl adjacent to an activating group) is 1. The number of H-pyrrole nitrogens is 1. The van der Waals surface area contributed by atoms with Crippen molar-refractivity contribution in [2.24, 2.45) is 0 Å². The van der Waals surface area contributed by atoms with E-state index in [-0.39, 0.29) is 6.61 Å². The van der Waals surface area contributed by atoms with Crippen LogP contribution in [0.3, 0.4) is 0 Å². The third-order valence-corrected chi connectivity index (χ3v) is 13.4. The highest BCUT2D eigenvalue weighted by molar-refractivity contribution is 9.10. The summed E-state index contributed by atoms with van der Waals surface area (Å²) in [6.45, 7) is 7.17. The number of halogens is 2. The number of nitrogens with one attached hydrogen (secondary N) is 4. The Balaban J connectivity index is 0.000000122. The zero-order valence-electron chi connectivity index (χ0n) is 40.6. The summed E-state index contributed by atoms with van der Waals surface area (Å²) < 4.78 is 12.7. The van der Waals surface area contributed by atoms with E-state index < -0.39 is 0 Å². The molecule has 8 heterocycles. The van der Waals surface area contributed by atoms with Gasteiger partial charge in [0.1, 0.15) is 9.21 Å². The summed E-state index contributed by atoms with van der Waals surface area (Å²) in [5.41, 5.74) is 10.4. The van der Waals surface area contributed by atoms with Crippen molar-refractivity contribution in [3.05, 3.63) is 180 Å². The van der Waals surface area contributed by atoms with Crippen molar-refractivity contribution in [3.8, 4) is 11.3 Å². The number of anilines is 8. The number of ether oxygens (including phenoxy) is 1. The first-order valence-corrected chi connectivity index (χ1v) is 25.9. The first-order valence-electron chi connectivity index (χ1n) is 24.3. The number of imidazole rings is 3. The molecule has 7 aromatic heterocycles. The largest absolute Gasteiger partial charge is 0.395 e. The van der Waals surface area contributed by atoms with E-state index in [0.29, 0.717) is 18.2 Å². The van der Waals surface area contributed by atoms with Crippen LogP contribution in [0.1, 0.15) is 6.92 Å². The second kappa shape index (κ2) is 22.4. The van der Waals surface area contributed by atoms with Crippen molar-refractivity contribution in [1.29, 1.82) is 0 Å². The molecule has 0 spiro atoms. The highest BCUT2D eigenvalue weighted by Crippen LogP contribution is 2.31. The van der Waals surface area contributed by atoms with E-state index in [1.54, 1.807) is 18.6 Å². The van der Waals surface area contributed by atoms with Gasteiger partial charge < -0.3 is 48.8 Å². The Morgan fingerprint density at radius 1 is 0.640 bits per heavy atom. The summed E-state index contributed by atoms with van der Waals surface area (Å²) in [5, 5.41) is 29.7. The molecule has 1 saturated heterocycles. The number of rotatable bonds is 12. The van der Waals surface area contributed by atoms with E-state index in [9.17, 15) is 0 Å². The van der Waals surface area contributed by atoms with Crippen LogP contribution in [-0.2, 0) is 4.74 Å². The Morgan fingerprint density at radius 3 is 1.85 bits per heavy atom. The molecule has 0 unspecified atom stereocenters. The molecule has 75 heavy (non-hydrogen) atoms. The number of aliphatic hydroxyl groups is 1. The van der Waals surface area contributed by atoms with Crippen LogP contribution in [-0.4, -0.2) is 104 Å². The number of fused-ring (bicyclic) bond motifs is 5. The van der Waals surface area contributed by atoms with Gasteiger partial charge in [-0.2, -0.15) is 5.10 Å². The monoisotopic (exact) mass is 1120 g/mol. The minimum Gasteiger partial charge on any atom is -0.395 e. The number of aliphatic hydroxyl groups excluding tert-OH is 1. The van der Waals surface area contributed by atoms with Crippen molar-refractivity contribution in [1.82, 2.24) is 53.3 Å². The summed E-state index contributed by atoms with van der Waals surface area (Å²) in [6, 6.07) is 37.1. The van der Waals surface area contributed by atoms with E-state index in [1.807, 2.05) is 99.0 Å². The van der Waals surface area contributed by atoms with Gasteiger partial charge >= 0.3 is 0 Å². The van der Waals surface area contributed by atoms with Crippen LogP contribution in [0.2, 0.25) is 0 Å². The zero-order chi connectivity index (χ0) is 51.1. The topological polar surface area (TPSA) is 191 Å². The van der Waals surface area contributed by atoms with E-state index in [4.69, 9.17) is 14.8 Å². The van der Waals surface area contributed by atoms with Gasteiger partial charge in [-0.15, -0.1) is 0 Å². The molecular formula is C55H50Br2N16O2. The summed E-state index contributed by atoms with van der Waals surface area (Å²) >= 11 is 6.84. The molecule has 1 aliphatic heterocycles. The molecule has 0 bridgehead atoms. The average Bonchev–Trinajstić information content (AvgIpc) is 4.30. The summed E-state index contributed by atoms with van der Waals surface area (Å²) in [7, 11) is 0. The van der Waals surface area contributed by atoms with Crippen LogP contribution in [0.4, 0.5) is 45.9 Å². The van der Waals surface area contributed by atoms with Gasteiger partial charge in [-0.3, -0.25) is 5.10 Å². The minimum absolute atomic E-state index is 0.146. The summed E-state index contributed by atoms with van der Waals surface area (Å²) in [5.74, 6) is 2.13. The number of nitrogens with zero attached hydrogens (tertiary/aromatic N) is 12. The van der Waals surface area contributed by atoms with Gasteiger partial charge in [0.05, 0.1) is 37.2 Å². The van der Waals surface area contributed by atoms with Crippen LogP contribution in [0, 0.1) is 0 Å². The van der Waals surface area contributed by atoms with E-state index >= 15 is 0 Å². The van der Waals surface area contributed by atoms with E-state index in [2.05, 4.69) is 166 Å². The molecule has 5 aromatic carbocycles. The molecule has 13 rings (SSSR count). The Labute approximate surface area is 447 Å². The summed E-state index contributed by atoms with van der Waals surface area (Å²) in [4.78, 5) is 31.5. The average molecular weight is 1130 g/mol. The maximum Gasteiger partial charge on any atom is 0.180 e. The van der Waals surface area contributed by atoms with Crippen LogP contribution in [0.25, 0.3) is 49.9 Å². The second-order valence-corrected chi connectivity index (χ2v) is 19.0. The van der Waals surface area contributed by atoms with Crippen molar-refractivity contribution in [2.45, 2.75) is 6.92 Å². The molecule has 376 valence electrons. The van der Waals surface area contributed by atoms with Crippen LogP contribution >= 0.6 is 31.9 Å². The van der Waals surface area contributed by atoms with Gasteiger partial charge in [-0.25, -0.2) is 29.9 Å². The Morgan fingerprint density at radius 2 is 1.21 bits per heavy atom. The van der Waals surface area contributed by atoms with Crippen LogP contribution in [0.5, 0.6) is 0 Å². The molecule has 0 saturated carbocycles. The van der Waals surface area contributed by atoms with E-state index in [1.165, 1.54) is 16.5 Å². The molecular weight excluding hydrogens is 1080 g/mol. The molecule has 0 aliphatic carbocycles. The Kier molecular flexibility index (Phi) is 14.6. The SMILES string of the molecule is Brc1cn2ccnc2c(Nc2ccc(N3CCOCC3)cc2)n1.CCN(CCO)c1ccc(Nc2nc(Br)cn3ccnc23)cc1.c1ccc2c(-c3cn4ccnc4c(Nc4ccc5cn[nH]c5c4)n3)cccc2c1. The van der Waals surface area contributed by atoms with E-state index in [0.717, 1.165) is 110 Å². The molecule has 1 fully saturated rings. The minimum atomic E-state index is 0.146. The normalized spacial score (nSPS) is 12.4. The molecule has 20 heteroatoms. The smallest absolute Gasteiger partial charge is 0.180 e. The first kappa shape index (κ1) is 48.8. The quantitative estimate of drug-likeness (QED) is 0.0776. The number of aromatic amines is 1. The third kappa shape index (κ3) is 11.1. The third-order valence-electron chi connectivity index (χ3n) is 12.6. The van der Waals surface area contributed by atoms with Gasteiger partial charge in [0.15, 0.2) is 34.4 Å². The maximum atomic E-state index is 9.11. The zero-order valence-corrected chi connectivity index (χ0v) is 43.8. The molecule has 0 radical (unpaired) electrons. The Bertz CT molecular complexity index is 3740. The number of aromatic nitrogens is 11. The van der Waals surface area contributed by atoms with Crippen molar-refractivity contribution >= 4 is 116 Å². The highest BCUT2D eigenvalue weighted by atomic mass is 79.9. The summed E-state index contributed by atoms with van der Waals surface area (Å²) in [6.07, 6.45) is 18.6. The van der Waals surface area contributed by atoms with Gasteiger partial charge in [0.2, 0.25) is 0 Å². The first-order chi connectivity index (χ1) is 36.8. The lowest BCUT2D eigenvalue weighted by Crippen LogP contribution is -2.36. The molecule has 0 atom stereocenters. The fraction of sp³-hybridized carbons (Fsp3) is 0.145. The van der Waals surface area contributed by atoms with Gasteiger partial charge in [-0.05, 0) is 116 Å². The molecule has 18 nitrogen and oxygen atoms in total. The standard InChI is InChI=1S/C23H16N6.C16H16BrN5O.C16H18BrN5O/c1-2-6-18-15(4-1)5-3-7-19(18)21-14-29-11-10-24-23(29)22(27-21)26-17-9-8-16-13-25-28-20(16)12-17;17-14-11-22-6-5-18-16(22)15(20-14)19-12-1-3-13(4-2-12)21-7-9-23-10-8-21;1-2-21(9-10-23)13-5-3-12(4-6-13)19-15-16-18-7-8-22(16)11-14(17)20-15/h1-14H,(H,25,28)(H,26,27);1-6,11H,7-10H2,(H,19,20);3-8,11,23H,2,9-10H2,1H3,(H,19,20). The lowest BCUT2D eigenvalue weighted by Gasteiger charge is -2.28. The fourth-order valence-corrected chi connectivity index (χ4v) is 9.71. The lowest BCUT2D eigenvalue weighted by atomic mass is 10.0. The van der Waals surface area contributed by atoms with Crippen molar-refractivity contribution in [2.75, 3.05) is 71.7 Å².